The van der Waals surface area contributed by atoms with Gasteiger partial charge >= 0.3 is 5.97 Å². The van der Waals surface area contributed by atoms with Crippen molar-refractivity contribution in [3.05, 3.63) is 0 Å². The molecule has 0 aromatic heterocycles. The molecule has 74 valence electrons. The van der Waals surface area contributed by atoms with E-state index in [2.05, 4.69) is 6.07 Å². The Labute approximate surface area is 78.8 Å². The summed E-state index contributed by atoms with van der Waals surface area (Å²) in [5.41, 5.74) is 0. The van der Waals surface area contributed by atoms with Crippen molar-refractivity contribution in [2.45, 2.75) is 32.2 Å². The van der Waals surface area contributed by atoms with Crippen LogP contribution in [0.2, 0.25) is 0 Å². The van der Waals surface area contributed by atoms with Gasteiger partial charge in [-0.2, -0.15) is 5.26 Å². The molecule has 1 atom stereocenters. The second-order valence-electron chi connectivity index (χ2n) is 3.11. The van der Waals surface area contributed by atoms with Gasteiger partial charge in [-0.05, 0) is 33.4 Å². The monoisotopic (exact) mass is 184 g/mol. The van der Waals surface area contributed by atoms with Gasteiger partial charge in [-0.3, -0.25) is 9.69 Å². The zero-order chi connectivity index (χ0) is 10.3. The van der Waals surface area contributed by atoms with E-state index in [0.29, 0.717) is 6.42 Å². The second kappa shape index (κ2) is 6.44. The minimum absolute atomic E-state index is 0.443. The van der Waals surface area contributed by atoms with E-state index < -0.39 is 12.0 Å². The molecular weight excluding hydrogens is 168 g/mol. The van der Waals surface area contributed by atoms with Crippen LogP contribution in [0.4, 0.5) is 0 Å². The topological polar surface area (TPSA) is 64.3 Å². The van der Waals surface area contributed by atoms with Gasteiger partial charge in [0.1, 0.15) is 6.04 Å². The number of carbonyl (C=O) groups is 1. The molecule has 1 unspecified atom stereocenters. The van der Waals surface area contributed by atoms with Crippen LogP contribution in [0.5, 0.6) is 0 Å². The van der Waals surface area contributed by atoms with Crippen molar-refractivity contribution in [3.63, 3.8) is 0 Å². The van der Waals surface area contributed by atoms with Gasteiger partial charge in [-0.1, -0.05) is 0 Å². The molecule has 13 heavy (non-hydrogen) atoms. The molecule has 0 rings (SSSR count). The maximum atomic E-state index is 10.5. The molecule has 4 heteroatoms. The van der Waals surface area contributed by atoms with Crippen molar-refractivity contribution < 1.29 is 9.90 Å². The molecule has 0 bridgehead atoms. The van der Waals surface area contributed by atoms with Crippen molar-refractivity contribution in [1.29, 1.82) is 5.26 Å². The standard InChI is InChI=1S/C9H16N2O2/c1-8(9(12)13)11(2)7-5-3-4-6-10/h8H,3-5,7H2,1-2H3,(H,12,13). The summed E-state index contributed by atoms with van der Waals surface area (Å²) in [5.74, 6) is -0.803. The molecule has 0 saturated heterocycles. The van der Waals surface area contributed by atoms with Gasteiger partial charge in [0, 0.05) is 6.42 Å². The lowest BCUT2D eigenvalue weighted by Crippen LogP contribution is -2.36. The smallest absolute Gasteiger partial charge is 0.320 e. The highest BCUT2D eigenvalue weighted by Gasteiger charge is 2.15. The second-order valence-corrected chi connectivity index (χ2v) is 3.11. The van der Waals surface area contributed by atoms with Crippen LogP contribution >= 0.6 is 0 Å². The molecule has 0 fully saturated rings. The molecule has 0 aliphatic heterocycles. The van der Waals surface area contributed by atoms with Crippen molar-refractivity contribution in [2.24, 2.45) is 0 Å². The number of aliphatic carboxylic acids is 1. The highest BCUT2D eigenvalue weighted by molar-refractivity contribution is 5.72. The lowest BCUT2D eigenvalue weighted by Gasteiger charge is -2.20. The van der Waals surface area contributed by atoms with E-state index in [9.17, 15) is 4.79 Å². The van der Waals surface area contributed by atoms with E-state index in [1.807, 2.05) is 0 Å². The average molecular weight is 184 g/mol. The predicted molar refractivity (Wildman–Crippen MR) is 49.2 cm³/mol. The quantitative estimate of drug-likeness (QED) is 0.627. The lowest BCUT2D eigenvalue weighted by atomic mass is 10.2. The zero-order valence-corrected chi connectivity index (χ0v) is 8.16. The predicted octanol–water partition coefficient (Wildman–Crippen LogP) is 1.09. The Kier molecular flexibility index (Phi) is 5.90. The van der Waals surface area contributed by atoms with Gasteiger partial charge in [0.25, 0.3) is 0 Å². The average Bonchev–Trinajstić information content (AvgIpc) is 2.10. The largest absolute Gasteiger partial charge is 0.480 e. The van der Waals surface area contributed by atoms with Gasteiger partial charge in [0.05, 0.1) is 6.07 Å². The van der Waals surface area contributed by atoms with Crippen molar-refractivity contribution in [1.82, 2.24) is 4.90 Å². The number of likely N-dealkylation sites (N-methyl/N-ethyl adjacent to an activating group) is 1. The number of hydrogen-bond acceptors (Lipinski definition) is 3. The molecule has 0 aliphatic carbocycles. The summed E-state index contributed by atoms with van der Waals surface area (Å²) in [6, 6.07) is 1.62. The first-order valence-electron chi connectivity index (χ1n) is 4.39. The van der Waals surface area contributed by atoms with Crippen LogP contribution in [0, 0.1) is 11.3 Å². The first-order chi connectivity index (χ1) is 6.09. The summed E-state index contributed by atoms with van der Waals surface area (Å²) in [6.07, 6.45) is 2.27. The van der Waals surface area contributed by atoms with E-state index in [-0.39, 0.29) is 0 Å². The van der Waals surface area contributed by atoms with Crippen LogP contribution in [0.15, 0.2) is 0 Å². The zero-order valence-electron chi connectivity index (χ0n) is 8.16. The minimum Gasteiger partial charge on any atom is -0.480 e. The summed E-state index contributed by atoms with van der Waals surface area (Å²) in [7, 11) is 1.78. The van der Waals surface area contributed by atoms with Crippen LogP contribution in [-0.4, -0.2) is 35.6 Å². The Balaban J connectivity index is 3.57. The van der Waals surface area contributed by atoms with Gasteiger partial charge in [0.2, 0.25) is 0 Å². The molecule has 0 heterocycles. The molecule has 0 radical (unpaired) electrons. The Morgan fingerprint density at radius 3 is 2.69 bits per heavy atom. The lowest BCUT2D eigenvalue weighted by molar-refractivity contribution is -0.142. The van der Waals surface area contributed by atoms with Crippen molar-refractivity contribution >= 4 is 5.97 Å². The first-order valence-corrected chi connectivity index (χ1v) is 4.39. The molecule has 0 aromatic carbocycles. The summed E-state index contributed by atoms with van der Waals surface area (Å²) < 4.78 is 0. The summed E-state index contributed by atoms with van der Waals surface area (Å²) in [6.45, 7) is 2.39. The van der Waals surface area contributed by atoms with Crippen LogP contribution < -0.4 is 0 Å². The van der Waals surface area contributed by atoms with Gasteiger partial charge in [-0.25, -0.2) is 0 Å². The summed E-state index contributed by atoms with van der Waals surface area (Å²) >= 11 is 0. The SMILES string of the molecule is CC(C(=O)O)N(C)CCCCC#N. The van der Waals surface area contributed by atoms with E-state index in [4.69, 9.17) is 10.4 Å². The molecule has 1 N–H and O–H groups in total. The third-order valence-electron chi connectivity index (χ3n) is 2.07. The van der Waals surface area contributed by atoms with Gasteiger partial charge < -0.3 is 5.11 Å². The Bertz CT molecular complexity index is 198. The van der Waals surface area contributed by atoms with Crippen molar-refractivity contribution in [2.75, 3.05) is 13.6 Å². The van der Waals surface area contributed by atoms with E-state index in [0.717, 1.165) is 19.4 Å². The third-order valence-corrected chi connectivity index (χ3v) is 2.07. The van der Waals surface area contributed by atoms with E-state index >= 15 is 0 Å². The van der Waals surface area contributed by atoms with Crippen molar-refractivity contribution in [3.8, 4) is 6.07 Å². The Morgan fingerprint density at radius 2 is 2.23 bits per heavy atom. The number of hydrogen-bond donors (Lipinski definition) is 1. The molecule has 0 aromatic rings. The van der Waals surface area contributed by atoms with Crippen LogP contribution in [-0.2, 0) is 4.79 Å². The Hall–Kier alpha value is -1.08. The normalized spacial score (nSPS) is 12.5. The molecule has 0 aliphatic rings. The number of unbranched alkanes of at least 4 members (excludes halogenated alkanes) is 2. The fraction of sp³-hybridized carbons (Fsp3) is 0.778. The fourth-order valence-corrected chi connectivity index (χ4v) is 0.947. The highest BCUT2D eigenvalue weighted by atomic mass is 16.4. The summed E-state index contributed by atoms with van der Waals surface area (Å²) in [4.78, 5) is 12.3. The maximum absolute atomic E-state index is 10.5. The van der Waals surface area contributed by atoms with Crippen LogP contribution in [0.3, 0.4) is 0 Å². The number of rotatable bonds is 6. The maximum Gasteiger partial charge on any atom is 0.320 e. The van der Waals surface area contributed by atoms with Crippen LogP contribution in [0.1, 0.15) is 26.2 Å². The van der Waals surface area contributed by atoms with E-state index in [1.54, 1.807) is 18.9 Å². The number of carboxylic acids is 1. The highest BCUT2D eigenvalue weighted by Crippen LogP contribution is 2.00. The fourth-order valence-electron chi connectivity index (χ4n) is 0.947. The molecule has 0 amide bonds. The molecular formula is C9H16N2O2. The number of nitrogens with zero attached hydrogens (tertiary/aromatic N) is 2. The first kappa shape index (κ1) is 11.9. The molecule has 4 nitrogen and oxygen atoms in total. The minimum atomic E-state index is -0.803. The van der Waals surface area contributed by atoms with Gasteiger partial charge in [-0.15, -0.1) is 0 Å². The van der Waals surface area contributed by atoms with Gasteiger partial charge in [0.15, 0.2) is 0 Å². The summed E-state index contributed by atoms with van der Waals surface area (Å²) in [5, 5.41) is 16.9. The van der Waals surface area contributed by atoms with Crippen LogP contribution in [0.25, 0.3) is 0 Å². The number of carboxylic acid groups (broad SMARTS) is 1. The Morgan fingerprint density at radius 1 is 1.62 bits per heavy atom. The van der Waals surface area contributed by atoms with E-state index in [1.165, 1.54) is 0 Å². The molecule has 0 spiro atoms. The third kappa shape index (κ3) is 5.21. The number of nitriles is 1. The molecule has 0 saturated carbocycles.